The topological polar surface area (TPSA) is 33.0 Å². The van der Waals surface area contributed by atoms with Crippen LogP contribution in [0.1, 0.15) is 24.8 Å². The minimum absolute atomic E-state index is 0.311. The summed E-state index contributed by atoms with van der Waals surface area (Å²) in [5.41, 5.74) is 0.216. The van der Waals surface area contributed by atoms with Gasteiger partial charge in [-0.1, -0.05) is 0 Å². The molecule has 0 bridgehead atoms. The molecule has 0 aliphatic heterocycles. The Kier molecular flexibility index (Phi) is 2.90. The van der Waals surface area contributed by atoms with E-state index in [1.54, 1.807) is 6.07 Å². The van der Waals surface area contributed by atoms with Crippen molar-refractivity contribution in [1.82, 2.24) is 0 Å². The molecule has 1 aromatic carbocycles. The van der Waals surface area contributed by atoms with Gasteiger partial charge in [0.1, 0.15) is 11.6 Å². The van der Waals surface area contributed by atoms with Crippen molar-refractivity contribution >= 4 is 15.9 Å². The van der Waals surface area contributed by atoms with Crippen LogP contribution in [0.5, 0.6) is 5.75 Å². The Morgan fingerprint density at radius 3 is 2.62 bits per heavy atom. The van der Waals surface area contributed by atoms with Crippen LogP contribution in [0.4, 0.5) is 4.39 Å². The van der Waals surface area contributed by atoms with Gasteiger partial charge in [-0.2, -0.15) is 5.26 Å². The monoisotopic (exact) mass is 283 g/mol. The Morgan fingerprint density at radius 2 is 2.19 bits per heavy atom. The highest BCUT2D eigenvalue weighted by atomic mass is 79.9. The fraction of sp³-hybridized carbons (Fsp3) is 0.417. The van der Waals surface area contributed by atoms with E-state index in [1.807, 2.05) is 0 Å². The highest BCUT2D eigenvalue weighted by Gasteiger charge is 2.39. The lowest BCUT2D eigenvalue weighted by Crippen LogP contribution is -2.32. The predicted molar refractivity (Wildman–Crippen MR) is 61.8 cm³/mol. The minimum Gasteiger partial charge on any atom is -0.495 e. The third-order valence-corrected chi connectivity index (χ3v) is 3.96. The van der Waals surface area contributed by atoms with E-state index in [1.165, 1.54) is 13.2 Å². The largest absolute Gasteiger partial charge is 0.495 e. The number of hydrogen-bond donors (Lipinski definition) is 0. The van der Waals surface area contributed by atoms with Gasteiger partial charge >= 0.3 is 0 Å². The van der Waals surface area contributed by atoms with Crippen molar-refractivity contribution in [2.75, 3.05) is 7.11 Å². The van der Waals surface area contributed by atoms with Crippen molar-refractivity contribution in [3.63, 3.8) is 0 Å². The molecule has 1 aromatic rings. The normalized spacial score (nSPS) is 17.4. The second-order valence-electron chi connectivity index (χ2n) is 4.02. The standard InChI is InChI=1S/C12H11BrFNO/c1-16-10-6-8(5-9(14)11(10)13)12(7-15)3-2-4-12/h5-6H,2-4H2,1H3. The average Bonchev–Trinajstić information content (AvgIpc) is 2.22. The van der Waals surface area contributed by atoms with Gasteiger partial charge in [0, 0.05) is 0 Å². The third kappa shape index (κ3) is 1.60. The minimum atomic E-state index is -0.505. The zero-order chi connectivity index (χ0) is 11.8. The van der Waals surface area contributed by atoms with E-state index in [0.717, 1.165) is 24.8 Å². The van der Waals surface area contributed by atoms with Gasteiger partial charge in [0.15, 0.2) is 0 Å². The molecule has 16 heavy (non-hydrogen) atoms. The number of nitriles is 1. The van der Waals surface area contributed by atoms with Gasteiger partial charge in [-0.25, -0.2) is 4.39 Å². The zero-order valence-electron chi connectivity index (χ0n) is 8.89. The highest BCUT2D eigenvalue weighted by molar-refractivity contribution is 9.10. The van der Waals surface area contributed by atoms with E-state index in [9.17, 15) is 9.65 Å². The molecule has 2 nitrogen and oxygen atoms in total. The molecule has 0 N–H and O–H groups in total. The Balaban J connectivity index is 2.51. The molecule has 1 aliphatic carbocycles. The second kappa shape index (κ2) is 4.06. The van der Waals surface area contributed by atoms with Gasteiger partial charge < -0.3 is 4.74 Å². The maximum atomic E-state index is 13.6. The molecule has 0 amide bonds. The zero-order valence-corrected chi connectivity index (χ0v) is 10.5. The highest BCUT2D eigenvalue weighted by Crippen LogP contribution is 2.45. The number of rotatable bonds is 2. The van der Waals surface area contributed by atoms with Crippen molar-refractivity contribution in [1.29, 1.82) is 5.26 Å². The summed E-state index contributed by atoms with van der Waals surface area (Å²) in [6, 6.07) is 5.46. The van der Waals surface area contributed by atoms with E-state index >= 15 is 0 Å². The van der Waals surface area contributed by atoms with Crippen LogP contribution < -0.4 is 4.74 Å². The first-order valence-electron chi connectivity index (χ1n) is 5.08. The summed E-state index contributed by atoms with van der Waals surface area (Å²) >= 11 is 3.12. The van der Waals surface area contributed by atoms with Crippen molar-refractivity contribution in [2.24, 2.45) is 0 Å². The van der Waals surface area contributed by atoms with Crippen molar-refractivity contribution in [3.8, 4) is 11.8 Å². The average molecular weight is 284 g/mol. The molecule has 0 saturated heterocycles. The molecule has 0 heterocycles. The predicted octanol–water partition coefficient (Wildman–Crippen LogP) is 3.54. The molecule has 1 fully saturated rings. The Morgan fingerprint density at radius 1 is 1.50 bits per heavy atom. The van der Waals surface area contributed by atoms with Crippen LogP contribution in [0.3, 0.4) is 0 Å². The van der Waals surface area contributed by atoms with Crippen LogP contribution in [-0.4, -0.2) is 7.11 Å². The van der Waals surface area contributed by atoms with Crippen LogP contribution >= 0.6 is 15.9 Å². The molecule has 0 radical (unpaired) electrons. The van der Waals surface area contributed by atoms with Gasteiger partial charge in [-0.05, 0) is 52.9 Å². The van der Waals surface area contributed by atoms with E-state index in [4.69, 9.17) is 4.74 Å². The van der Waals surface area contributed by atoms with Crippen molar-refractivity contribution < 1.29 is 9.13 Å². The lowest BCUT2D eigenvalue weighted by molar-refractivity contribution is 0.320. The maximum Gasteiger partial charge on any atom is 0.141 e. The number of hydrogen-bond acceptors (Lipinski definition) is 2. The van der Waals surface area contributed by atoms with E-state index < -0.39 is 5.41 Å². The molecule has 0 atom stereocenters. The van der Waals surface area contributed by atoms with Crippen LogP contribution in [-0.2, 0) is 5.41 Å². The Bertz CT molecular complexity index is 463. The smallest absolute Gasteiger partial charge is 0.141 e. The van der Waals surface area contributed by atoms with Gasteiger partial charge in [0.2, 0.25) is 0 Å². The van der Waals surface area contributed by atoms with Crippen molar-refractivity contribution in [2.45, 2.75) is 24.7 Å². The quantitative estimate of drug-likeness (QED) is 0.832. The molecule has 2 rings (SSSR count). The van der Waals surface area contributed by atoms with Gasteiger partial charge in [-0.15, -0.1) is 0 Å². The summed E-state index contributed by atoms with van der Waals surface area (Å²) in [4.78, 5) is 0. The maximum absolute atomic E-state index is 13.6. The first kappa shape index (κ1) is 11.4. The number of nitrogens with zero attached hydrogens (tertiary/aromatic N) is 1. The first-order valence-corrected chi connectivity index (χ1v) is 5.87. The number of halogens is 2. The first-order chi connectivity index (χ1) is 7.63. The molecule has 84 valence electrons. The van der Waals surface area contributed by atoms with Crippen LogP contribution in [0.2, 0.25) is 0 Å². The van der Waals surface area contributed by atoms with Gasteiger partial charge in [0.25, 0.3) is 0 Å². The van der Waals surface area contributed by atoms with Crippen LogP contribution in [0.15, 0.2) is 16.6 Å². The summed E-state index contributed by atoms with van der Waals surface area (Å²) < 4.78 is 19.0. The third-order valence-electron chi connectivity index (χ3n) is 3.19. The van der Waals surface area contributed by atoms with Crippen LogP contribution in [0, 0.1) is 17.1 Å². The fourth-order valence-corrected chi connectivity index (χ4v) is 2.37. The van der Waals surface area contributed by atoms with Gasteiger partial charge in [0.05, 0.1) is 23.1 Å². The molecular weight excluding hydrogens is 273 g/mol. The number of methoxy groups -OCH3 is 1. The van der Waals surface area contributed by atoms with E-state index in [-0.39, 0.29) is 5.82 Å². The fourth-order valence-electron chi connectivity index (χ4n) is 1.98. The second-order valence-corrected chi connectivity index (χ2v) is 4.81. The van der Waals surface area contributed by atoms with Gasteiger partial charge in [-0.3, -0.25) is 0 Å². The van der Waals surface area contributed by atoms with E-state index in [2.05, 4.69) is 22.0 Å². The summed E-state index contributed by atoms with van der Waals surface area (Å²) in [7, 11) is 1.49. The molecule has 0 aromatic heterocycles. The SMILES string of the molecule is COc1cc(C2(C#N)CCC2)cc(F)c1Br. The molecule has 4 heteroatoms. The molecule has 1 saturated carbocycles. The number of benzene rings is 1. The Labute approximate surface area is 102 Å². The molecule has 1 aliphatic rings. The van der Waals surface area contributed by atoms with E-state index in [0.29, 0.717) is 10.2 Å². The van der Waals surface area contributed by atoms with Crippen molar-refractivity contribution in [3.05, 3.63) is 28.0 Å². The summed E-state index contributed by atoms with van der Waals surface area (Å²) in [6.45, 7) is 0. The molecular formula is C12H11BrFNO. The Hall–Kier alpha value is -1.08. The summed E-state index contributed by atoms with van der Waals surface area (Å²) in [5.74, 6) is 0.0624. The molecule has 0 spiro atoms. The van der Waals surface area contributed by atoms with Crippen LogP contribution in [0.25, 0.3) is 0 Å². The molecule has 0 unspecified atom stereocenters. The number of ether oxygens (including phenoxy) is 1. The lowest BCUT2D eigenvalue weighted by atomic mass is 9.65. The summed E-state index contributed by atoms with van der Waals surface area (Å²) in [6.07, 6.45) is 2.62. The summed E-state index contributed by atoms with van der Waals surface area (Å²) in [5, 5.41) is 9.19. The lowest BCUT2D eigenvalue weighted by Gasteiger charge is -2.35.